The summed E-state index contributed by atoms with van der Waals surface area (Å²) in [5, 5.41) is 8.58. The predicted octanol–water partition coefficient (Wildman–Crippen LogP) is 14.7. The van der Waals surface area contributed by atoms with E-state index < -0.39 is 5.76 Å². The van der Waals surface area contributed by atoms with E-state index in [0.717, 1.165) is 77.5 Å². The monoisotopic (exact) mass is 1080 g/mol. The van der Waals surface area contributed by atoms with Crippen LogP contribution in [-0.2, 0) is 46.5 Å². The molecule has 3 amide bonds. The Balaban J connectivity index is 0.000000139. The molecule has 12 heteroatoms. The van der Waals surface area contributed by atoms with Gasteiger partial charge in [0.2, 0.25) is 11.8 Å². The van der Waals surface area contributed by atoms with E-state index in [9.17, 15) is 24.0 Å². The normalized spacial score (nSPS) is 14.4. The fourth-order valence-electron chi connectivity index (χ4n) is 9.86. The van der Waals surface area contributed by atoms with Gasteiger partial charge in [-0.25, -0.2) is 4.79 Å². The van der Waals surface area contributed by atoms with E-state index in [4.69, 9.17) is 13.9 Å². The number of aryl methyl sites for hydroxylation is 2. The fourth-order valence-corrected chi connectivity index (χ4v) is 9.86. The smallest absolute Gasteiger partial charge is 0.417 e. The van der Waals surface area contributed by atoms with Crippen molar-refractivity contribution in [2.45, 2.75) is 164 Å². The van der Waals surface area contributed by atoms with E-state index >= 15 is 0 Å². The van der Waals surface area contributed by atoms with Crippen LogP contribution in [0.4, 0.5) is 11.4 Å². The van der Waals surface area contributed by atoms with Gasteiger partial charge >= 0.3 is 11.7 Å². The van der Waals surface area contributed by atoms with E-state index in [1.54, 1.807) is 0 Å². The molecule has 12 nitrogen and oxygen atoms in total. The number of esters is 1. The van der Waals surface area contributed by atoms with E-state index in [0.29, 0.717) is 60.4 Å². The lowest BCUT2D eigenvalue weighted by molar-refractivity contribution is -0.132. The number of benzene rings is 6. The highest BCUT2D eigenvalue weighted by Gasteiger charge is 2.22. The molecule has 0 unspecified atom stereocenters. The van der Waals surface area contributed by atoms with Gasteiger partial charge in [0.1, 0.15) is 11.5 Å². The molecule has 4 N–H and O–H groups in total. The largest absolute Gasteiger partial charge is 0.493 e. The molecule has 7 aromatic rings. The van der Waals surface area contributed by atoms with Gasteiger partial charge in [-0.1, -0.05) is 156 Å². The molecule has 0 atom stereocenters. The maximum absolute atomic E-state index is 11.5. The number of aromatic amines is 1. The number of carbonyl (C=O) groups excluding carboxylic acids is 4. The second kappa shape index (κ2) is 27.4. The molecule has 12 rings (SSSR count). The summed E-state index contributed by atoms with van der Waals surface area (Å²) in [6, 6.07) is 37.0. The van der Waals surface area contributed by atoms with Crippen LogP contribution >= 0.6 is 0 Å². The molecule has 0 fully saturated rings. The van der Waals surface area contributed by atoms with Crippen LogP contribution in [0.2, 0.25) is 0 Å². The number of ether oxygens (including phenoxy) is 2. The van der Waals surface area contributed by atoms with Gasteiger partial charge in [0, 0.05) is 35.5 Å². The van der Waals surface area contributed by atoms with Crippen molar-refractivity contribution in [3.05, 3.63) is 187 Å². The Bertz CT molecular complexity index is 3310. The number of fused-ring (bicyclic) bond motifs is 6. The van der Waals surface area contributed by atoms with Crippen LogP contribution in [-0.4, -0.2) is 41.8 Å². The molecule has 0 bridgehead atoms. The van der Waals surface area contributed by atoms with Gasteiger partial charge in [-0.15, -0.1) is 0 Å². The average molecular weight is 1080 g/mol. The molecular formula is C68H82N4O8. The molecule has 0 aliphatic carbocycles. The highest BCUT2D eigenvalue weighted by molar-refractivity contribution is 5.99. The van der Waals surface area contributed by atoms with Crippen molar-refractivity contribution in [1.29, 1.82) is 0 Å². The molecule has 422 valence electrons. The van der Waals surface area contributed by atoms with Gasteiger partial charge in [-0.05, 0) is 153 Å². The second-order valence-corrected chi connectivity index (χ2v) is 23.0. The number of nitrogens with one attached hydrogen (secondary N) is 4. The quantitative estimate of drug-likeness (QED) is 0.0942. The third kappa shape index (κ3) is 16.0. The Kier molecular flexibility index (Phi) is 20.5. The number of aromatic nitrogens is 1. The van der Waals surface area contributed by atoms with Crippen molar-refractivity contribution >= 4 is 46.2 Å². The van der Waals surface area contributed by atoms with Crippen LogP contribution in [0.1, 0.15) is 203 Å². The van der Waals surface area contributed by atoms with E-state index in [2.05, 4.69) is 165 Å². The van der Waals surface area contributed by atoms with Gasteiger partial charge in [0.05, 0.1) is 25.0 Å². The number of anilines is 2. The van der Waals surface area contributed by atoms with Gasteiger partial charge in [0.25, 0.3) is 5.91 Å². The lowest BCUT2D eigenvalue weighted by Gasteiger charge is -2.21. The first-order chi connectivity index (χ1) is 38.1. The zero-order valence-electron chi connectivity index (χ0n) is 49.0. The summed E-state index contributed by atoms with van der Waals surface area (Å²) in [5.74, 6) is 4.75. The maximum atomic E-state index is 11.5. The van der Waals surface area contributed by atoms with Gasteiger partial charge < -0.3 is 29.8 Å². The van der Waals surface area contributed by atoms with E-state index in [1.807, 2.05) is 48.5 Å². The van der Waals surface area contributed by atoms with Crippen LogP contribution < -0.4 is 31.2 Å². The number of carbonyl (C=O) groups is 4. The summed E-state index contributed by atoms with van der Waals surface area (Å²) in [7, 11) is 0. The highest BCUT2D eigenvalue weighted by Crippen LogP contribution is 2.34. The van der Waals surface area contributed by atoms with Crippen LogP contribution in [0, 0.1) is 0 Å². The summed E-state index contributed by atoms with van der Waals surface area (Å²) in [5.41, 5.74) is 17.9. The minimum absolute atomic E-state index is 0.0775. The molecule has 5 aliphatic rings. The fraction of sp³-hybridized carbons (Fsp3) is 0.397. The standard InChI is InChI=1S/2C12H15NO.C12H16O.C11H13NO.C11H12O2.C10H11NO2/c1-8(2)9-3-5-11-10(7-9)4-6-12(14)13-11;1-8(2)10-4-3-9-5-6-13-12(14)11(9)7-10;1-9(2)11-7-3-5-10-6-4-8-13-12(10)11;1-7(2)8-3-4-10-9(5-8)6-11(13)12-10;1-7(2)8-3-4-10-9(5-8)6-11(12)13-10;1-6(2)7-3-4-8-9(5-7)13-10(12)11-8/h3,5,7-8H,4,6H2,1-2H3,(H,13,14);3-4,7-8H,5-6H2,1-2H3,(H,13,14);3,5,7,9H,4,6,8H2,1-2H3;3-5,7H,6H2,1-2H3,(H,12,13);3-5,7H,6H2,1-2H3;3-6H,1-2H3,(H,11,12). The van der Waals surface area contributed by atoms with Crippen LogP contribution in [0.3, 0.4) is 0 Å². The minimum Gasteiger partial charge on any atom is -0.493 e. The molecule has 6 heterocycles. The van der Waals surface area contributed by atoms with Gasteiger partial charge in [-0.2, -0.15) is 0 Å². The van der Waals surface area contributed by atoms with Gasteiger partial charge in [-0.3, -0.25) is 24.2 Å². The number of H-pyrrole nitrogens is 1. The summed E-state index contributed by atoms with van der Waals surface area (Å²) in [6.45, 7) is 27.5. The maximum Gasteiger partial charge on any atom is 0.417 e. The Morgan fingerprint density at radius 3 is 1.71 bits per heavy atom. The molecule has 80 heavy (non-hydrogen) atoms. The zero-order chi connectivity index (χ0) is 57.8. The summed E-state index contributed by atoms with van der Waals surface area (Å²) < 4.78 is 15.7. The number of para-hydroxylation sites is 1. The van der Waals surface area contributed by atoms with Crippen molar-refractivity contribution in [2.75, 3.05) is 23.8 Å². The molecule has 0 saturated heterocycles. The third-order valence-electron chi connectivity index (χ3n) is 14.8. The zero-order valence-corrected chi connectivity index (χ0v) is 49.0. The van der Waals surface area contributed by atoms with Crippen LogP contribution in [0.15, 0.2) is 118 Å². The predicted molar refractivity (Wildman–Crippen MR) is 322 cm³/mol. The number of oxazole rings is 1. The van der Waals surface area contributed by atoms with Gasteiger partial charge in [0.15, 0.2) is 5.58 Å². The Hall–Kier alpha value is -7.73. The number of rotatable bonds is 6. The van der Waals surface area contributed by atoms with Crippen molar-refractivity contribution in [3.63, 3.8) is 0 Å². The van der Waals surface area contributed by atoms with E-state index in [1.165, 1.54) is 56.5 Å². The molecule has 5 aliphatic heterocycles. The molecule has 0 spiro atoms. The summed E-state index contributed by atoms with van der Waals surface area (Å²) in [4.78, 5) is 58.2. The SMILES string of the molecule is CC(C)c1ccc2[nH]c(=O)oc2c1.CC(C)c1ccc2c(c1)C(=O)NCC2.CC(C)c1ccc2c(c1)CC(=O)N2.CC(C)c1ccc2c(c1)CC(=O)O2.CC(C)c1ccc2c(c1)CCC(=O)N2.CC(C)c1cccc2c1OCCC2. The van der Waals surface area contributed by atoms with E-state index in [-0.39, 0.29) is 23.7 Å². The summed E-state index contributed by atoms with van der Waals surface area (Å²) in [6.07, 6.45) is 5.76. The topological polar surface area (TPSA) is 169 Å². The third-order valence-corrected chi connectivity index (χ3v) is 14.8. The Morgan fingerprint density at radius 1 is 0.475 bits per heavy atom. The molecular weight excluding hydrogens is 1000 g/mol. The summed E-state index contributed by atoms with van der Waals surface area (Å²) >= 11 is 0. The average Bonchev–Trinajstić information content (AvgIpc) is 4.14. The molecule has 0 saturated carbocycles. The number of hydrogen-bond acceptors (Lipinski definition) is 8. The Labute approximate surface area is 472 Å². The Morgan fingerprint density at radius 2 is 1.05 bits per heavy atom. The van der Waals surface area contributed by atoms with Crippen molar-refractivity contribution in [3.8, 4) is 11.5 Å². The van der Waals surface area contributed by atoms with Crippen LogP contribution in [0.5, 0.6) is 11.5 Å². The lowest BCUT2D eigenvalue weighted by atomic mass is 9.94. The first kappa shape index (κ1) is 59.9. The minimum atomic E-state index is -0.393. The van der Waals surface area contributed by atoms with Crippen molar-refractivity contribution in [1.82, 2.24) is 10.3 Å². The second-order valence-electron chi connectivity index (χ2n) is 23.0. The molecule has 0 radical (unpaired) electrons. The molecule has 1 aromatic heterocycles. The lowest BCUT2D eigenvalue weighted by Crippen LogP contribution is -2.31. The number of hydrogen-bond donors (Lipinski definition) is 4. The van der Waals surface area contributed by atoms with Crippen molar-refractivity contribution in [2.24, 2.45) is 0 Å². The van der Waals surface area contributed by atoms with Crippen molar-refractivity contribution < 1.29 is 33.1 Å². The highest BCUT2D eigenvalue weighted by atomic mass is 16.5. The van der Waals surface area contributed by atoms with Crippen LogP contribution in [0.25, 0.3) is 11.1 Å². The number of amides is 3. The molecule has 6 aromatic carbocycles. The first-order valence-electron chi connectivity index (χ1n) is 28.6. The first-order valence-corrected chi connectivity index (χ1v) is 28.6.